The number of nitrogens with zero attached hydrogens (tertiary/aromatic N) is 1. The Balaban J connectivity index is 2.39. The summed E-state index contributed by atoms with van der Waals surface area (Å²) in [5.41, 5.74) is 5.84. The standard InChI is InChI=1S/C14H18BrFN2O/c1-14(2,9-17)5-3-4-6-19-13-8-11(16)10(15)7-12(13)18/h7-8H,3-6,18H2,1-2H3. The summed E-state index contributed by atoms with van der Waals surface area (Å²) in [7, 11) is 0. The fraction of sp³-hybridized carbons (Fsp3) is 0.500. The average Bonchev–Trinajstić information content (AvgIpc) is 2.35. The summed E-state index contributed by atoms with van der Waals surface area (Å²) in [6.45, 7) is 4.29. The molecule has 0 spiro atoms. The molecule has 0 aromatic heterocycles. The number of ether oxygens (including phenoxy) is 1. The summed E-state index contributed by atoms with van der Waals surface area (Å²) in [6, 6.07) is 5.02. The van der Waals surface area contributed by atoms with Crippen molar-refractivity contribution in [2.45, 2.75) is 33.1 Å². The van der Waals surface area contributed by atoms with E-state index in [1.165, 1.54) is 12.1 Å². The third-order valence-corrected chi connectivity index (χ3v) is 3.42. The molecule has 19 heavy (non-hydrogen) atoms. The molecule has 1 aromatic carbocycles. The molecule has 0 aliphatic heterocycles. The van der Waals surface area contributed by atoms with Crippen LogP contribution in [0, 0.1) is 22.6 Å². The third kappa shape index (κ3) is 5.07. The van der Waals surface area contributed by atoms with Gasteiger partial charge in [0.2, 0.25) is 0 Å². The second-order valence-electron chi connectivity index (χ2n) is 5.11. The van der Waals surface area contributed by atoms with Gasteiger partial charge in [0, 0.05) is 6.07 Å². The molecule has 0 bridgehead atoms. The molecular formula is C14H18BrFN2O. The summed E-state index contributed by atoms with van der Waals surface area (Å²) < 4.78 is 19.1. The Morgan fingerprint density at radius 2 is 2.11 bits per heavy atom. The molecule has 0 fully saturated rings. The van der Waals surface area contributed by atoms with Gasteiger partial charge in [-0.1, -0.05) is 0 Å². The smallest absolute Gasteiger partial charge is 0.145 e. The topological polar surface area (TPSA) is 59.0 Å². The zero-order chi connectivity index (χ0) is 14.5. The van der Waals surface area contributed by atoms with E-state index in [1.807, 2.05) is 13.8 Å². The molecule has 0 amide bonds. The van der Waals surface area contributed by atoms with E-state index < -0.39 is 5.82 Å². The van der Waals surface area contributed by atoms with Gasteiger partial charge in [-0.15, -0.1) is 0 Å². The minimum absolute atomic E-state index is 0.303. The van der Waals surface area contributed by atoms with Crippen LogP contribution >= 0.6 is 15.9 Å². The van der Waals surface area contributed by atoms with Crippen molar-refractivity contribution in [1.82, 2.24) is 0 Å². The van der Waals surface area contributed by atoms with Gasteiger partial charge >= 0.3 is 0 Å². The average molecular weight is 329 g/mol. The first kappa shape index (κ1) is 15.8. The molecule has 0 saturated carbocycles. The number of rotatable bonds is 6. The summed E-state index contributed by atoms with van der Waals surface area (Å²) in [6.07, 6.45) is 2.51. The summed E-state index contributed by atoms with van der Waals surface area (Å²) in [4.78, 5) is 0. The molecule has 1 rings (SSSR count). The number of anilines is 1. The number of nitrogens with two attached hydrogens (primary N) is 1. The van der Waals surface area contributed by atoms with E-state index in [0.717, 1.165) is 19.3 Å². The second kappa shape index (κ2) is 6.76. The van der Waals surface area contributed by atoms with E-state index in [-0.39, 0.29) is 5.41 Å². The predicted octanol–water partition coefficient (Wildman–Crippen LogP) is 4.27. The highest BCUT2D eigenvalue weighted by molar-refractivity contribution is 9.10. The molecule has 2 N–H and O–H groups in total. The number of hydrogen-bond acceptors (Lipinski definition) is 3. The molecule has 0 unspecified atom stereocenters. The first-order valence-electron chi connectivity index (χ1n) is 6.14. The van der Waals surface area contributed by atoms with Crippen molar-refractivity contribution in [1.29, 1.82) is 5.26 Å². The minimum Gasteiger partial charge on any atom is -0.491 e. The lowest BCUT2D eigenvalue weighted by Gasteiger charge is -2.14. The lowest BCUT2D eigenvalue weighted by Crippen LogP contribution is -2.08. The summed E-state index contributed by atoms with van der Waals surface area (Å²) >= 11 is 3.06. The van der Waals surface area contributed by atoms with Crippen molar-refractivity contribution in [3.63, 3.8) is 0 Å². The van der Waals surface area contributed by atoms with Gasteiger partial charge in [-0.3, -0.25) is 0 Å². The molecule has 0 radical (unpaired) electrons. The van der Waals surface area contributed by atoms with Gasteiger partial charge in [0.1, 0.15) is 11.6 Å². The largest absolute Gasteiger partial charge is 0.491 e. The Kier molecular flexibility index (Phi) is 5.61. The number of unbranched alkanes of at least 4 members (excludes halogenated alkanes) is 1. The van der Waals surface area contributed by atoms with Crippen molar-refractivity contribution in [2.75, 3.05) is 12.3 Å². The maximum Gasteiger partial charge on any atom is 0.145 e. The lowest BCUT2D eigenvalue weighted by atomic mass is 9.89. The van der Waals surface area contributed by atoms with E-state index in [4.69, 9.17) is 15.7 Å². The molecule has 104 valence electrons. The van der Waals surface area contributed by atoms with Crippen molar-refractivity contribution < 1.29 is 9.13 Å². The summed E-state index contributed by atoms with van der Waals surface area (Å²) in [5.74, 6) is -0.0324. The van der Waals surface area contributed by atoms with Crippen LogP contribution < -0.4 is 10.5 Å². The molecule has 0 saturated heterocycles. The van der Waals surface area contributed by atoms with Gasteiger partial charge < -0.3 is 10.5 Å². The van der Waals surface area contributed by atoms with Crippen LogP contribution in [0.3, 0.4) is 0 Å². The normalized spacial score (nSPS) is 11.1. The van der Waals surface area contributed by atoms with Crippen LogP contribution in [0.15, 0.2) is 16.6 Å². The molecule has 0 aliphatic rings. The van der Waals surface area contributed by atoms with Gasteiger partial charge in [-0.25, -0.2) is 4.39 Å². The second-order valence-corrected chi connectivity index (χ2v) is 5.96. The molecule has 5 heteroatoms. The SMILES string of the molecule is CC(C)(C#N)CCCCOc1cc(F)c(Br)cc1N. The Morgan fingerprint density at radius 3 is 2.74 bits per heavy atom. The zero-order valence-electron chi connectivity index (χ0n) is 11.2. The Hall–Kier alpha value is -1.28. The van der Waals surface area contributed by atoms with Crippen LogP contribution in [0.25, 0.3) is 0 Å². The molecular weight excluding hydrogens is 311 g/mol. The Bertz CT molecular complexity index is 483. The molecule has 3 nitrogen and oxygen atoms in total. The van der Waals surface area contributed by atoms with E-state index in [0.29, 0.717) is 22.5 Å². The first-order valence-corrected chi connectivity index (χ1v) is 6.93. The predicted molar refractivity (Wildman–Crippen MR) is 77.3 cm³/mol. The van der Waals surface area contributed by atoms with Crippen molar-refractivity contribution >= 4 is 21.6 Å². The van der Waals surface area contributed by atoms with E-state index in [1.54, 1.807) is 0 Å². The summed E-state index contributed by atoms with van der Waals surface area (Å²) in [5, 5.41) is 8.88. The fourth-order valence-corrected chi connectivity index (χ4v) is 1.94. The van der Waals surface area contributed by atoms with Gasteiger partial charge in [-0.05, 0) is 55.1 Å². The van der Waals surface area contributed by atoms with Gasteiger partial charge in [-0.2, -0.15) is 5.26 Å². The van der Waals surface area contributed by atoms with E-state index in [9.17, 15) is 4.39 Å². The number of benzene rings is 1. The number of nitriles is 1. The van der Waals surface area contributed by atoms with Gasteiger partial charge in [0.25, 0.3) is 0 Å². The van der Waals surface area contributed by atoms with Gasteiger partial charge in [0.15, 0.2) is 0 Å². The van der Waals surface area contributed by atoms with Crippen LogP contribution in [0.1, 0.15) is 33.1 Å². The van der Waals surface area contributed by atoms with Crippen molar-refractivity contribution in [3.8, 4) is 11.8 Å². The fourth-order valence-electron chi connectivity index (χ4n) is 1.58. The minimum atomic E-state index is -0.394. The van der Waals surface area contributed by atoms with Crippen molar-refractivity contribution in [2.24, 2.45) is 5.41 Å². The highest BCUT2D eigenvalue weighted by Crippen LogP contribution is 2.28. The molecule has 0 aliphatic carbocycles. The lowest BCUT2D eigenvalue weighted by molar-refractivity contribution is 0.295. The monoisotopic (exact) mass is 328 g/mol. The molecule has 0 atom stereocenters. The molecule has 1 aromatic rings. The van der Waals surface area contributed by atoms with Crippen LogP contribution in [0.2, 0.25) is 0 Å². The van der Waals surface area contributed by atoms with E-state index >= 15 is 0 Å². The van der Waals surface area contributed by atoms with Crippen LogP contribution in [0.5, 0.6) is 5.75 Å². The van der Waals surface area contributed by atoms with E-state index in [2.05, 4.69) is 22.0 Å². The number of hydrogen-bond donors (Lipinski definition) is 1. The van der Waals surface area contributed by atoms with Gasteiger partial charge in [0.05, 0.1) is 28.3 Å². The molecule has 0 heterocycles. The number of nitrogen functional groups attached to an aromatic ring is 1. The quantitative estimate of drug-likeness (QED) is 0.626. The third-order valence-electron chi connectivity index (χ3n) is 2.81. The first-order chi connectivity index (χ1) is 8.85. The number of halogens is 2. The van der Waals surface area contributed by atoms with Crippen LogP contribution in [0.4, 0.5) is 10.1 Å². The highest BCUT2D eigenvalue weighted by atomic mass is 79.9. The maximum atomic E-state index is 13.3. The van der Waals surface area contributed by atoms with Crippen LogP contribution in [-0.2, 0) is 0 Å². The Morgan fingerprint density at radius 1 is 1.42 bits per heavy atom. The highest BCUT2D eigenvalue weighted by Gasteiger charge is 2.15. The van der Waals surface area contributed by atoms with Crippen LogP contribution in [-0.4, -0.2) is 6.61 Å². The Labute approximate surface area is 121 Å². The maximum absolute atomic E-state index is 13.3. The van der Waals surface area contributed by atoms with Crippen molar-refractivity contribution in [3.05, 3.63) is 22.4 Å². The zero-order valence-corrected chi connectivity index (χ0v) is 12.8.